The number of unbranched alkanes of at least 4 members (excludes halogenated alkanes) is 1. The van der Waals surface area contributed by atoms with Gasteiger partial charge in [-0.15, -0.1) is 0 Å². The average Bonchev–Trinajstić information content (AvgIpc) is 2.53. The van der Waals surface area contributed by atoms with Crippen molar-refractivity contribution in [3.63, 3.8) is 0 Å². The number of nitrogens with zero attached hydrogens (tertiary/aromatic N) is 1. The van der Waals surface area contributed by atoms with Crippen molar-refractivity contribution in [2.45, 2.75) is 52.6 Å². The maximum Gasteiger partial charge on any atom is 0.260 e. The summed E-state index contributed by atoms with van der Waals surface area (Å²) < 4.78 is 5.59. The van der Waals surface area contributed by atoms with Gasteiger partial charge in [0.05, 0.1) is 0 Å². The van der Waals surface area contributed by atoms with Gasteiger partial charge in [-0.2, -0.15) is 0 Å². The minimum atomic E-state index is 0.0562. The van der Waals surface area contributed by atoms with Crippen molar-refractivity contribution < 1.29 is 9.53 Å². The topological polar surface area (TPSA) is 55.6 Å². The van der Waals surface area contributed by atoms with E-state index in [1.807, 2.05) is 29.2 Å². The molecule has 0 aliphatic rings. The van der Waals surface area contributed by atoms with Crippen LogP contribution in [0.2, 0.25) is 0 Å². The van der Waals surface area contributed by atoms with Gasteiger partial charge in [0.1, 0.15) is 5.75 Å². The number of ether oxygens (including phenoxy) is 1. The Morgan fingerprint density at radius 1 is 1.29 bits per heavy atom. The lowest BCUT2D eigenvalue weighted by atomic mass is 10.2. The molecule has 1 rings (SSSR count). The normalized spacial score (nSPS) is 12.0. The molecule has 1 aromatic rings. The molecule has 0 radical (unpaired) electrons. The van der Waals surface area contributed by atoms with Crippen molar-refractivity contribution in [3.05, 3.63) is 29.8 Å². The third-order valence-electron chi connectivity index (χ3n) is 3.72. The highest BCUT2D eigenvalue weighted by atomic mass is 16.5. The molecule has 1 unspecified atom stereocenters. The lowest BCUT2D eigenvalue weighted by molar-refractivity contribution is -0.135. The Hall–Kier alpha value is -1.55. The molecular weight excluding hydrogens is 264 g/mol. The van der Waals surface area contributed by atoms with Crippen molar-refractivity contribution in [1.82, 2.24) is 4.90 Å². The maximum absolute atomic E-state index is 12.3. The second kappa shape index (κ2) is 9.40. The Balaban J connectivity index is 2.55. The maximum atomic E-state index is 12.3. The molecule has 1 atom stereocenters. The Kier molecular flexibility index (Phi) is 7.83. The molecule has 0 aliphatic carbocycles. The number of nitrogens with two attached hydrogens (primary N) is 1. The summed E-state index contributed by atoms with van der Waals surface area (Å²) in [5.41, 5.74) is 6.61. The second-order valence-electron chi connectivity index (χ2n) is 5.33. The van der Waals surface area contributed by atoms with Crippen molar-refractivity contribution >= 4 is 5.91 Å². The quantitative estimate of drug-likeness (QED) is 0.761. The van der Waals surface area contributed by atoms with Crippen LogP contribution in [0.15, 0.2) is 24.3 Å². The van der Waals surface area contributed by atoms with Crippen molar-refractivity contribution in [3.8, 4) is 5.75 Å². The highest BCUT2D eigenvalue weighted by molar-refractivity contribution is 5.78. The lowest BCUT2D eigenvalue weighted by Crippen LogP contribution is -2.41. The molecule has 4 nitrogen and oxygen atoms in total. The summed E-state index contributed by atoms with van der Waals surface area (Å²) in [4.78, 5) is 14.3. The number of hydrogen-bond donors (Lipinski definition) is 1. The van der Waals surface area contributed by atoms with E-state index in [0.717, 1.165) is 31.4 Å². The molecule has 1 amide bonds. The first kappa shape index (κ1) is 17.5. The van der Waals surface area contributed by atoms with Crippen molar-refractivity contribution in [2.24, 2.45) is 5.73 Å². The summed E-state index contributed by atoms with van der Waals surface area (Å²) >= 11 is 0. The molecule has 4 heteroatoms. The monoisotopic (exact) mass is 292 g/mol. The molecule has 1 aromatic carbocycles. The summed E-state index contributed by atoms with van der Waals surface area (Å²) in [6.45, 7) is 7.73. The van der Waals surface area contributed by atoms with Gasteiger partial charge in [-0.05, 0) is 37.5 Å². The van der Waals surface area contributed by atoms with Gasteiger partial charge >= 0.3 is 0 Å². The third kappa shape index (κ3) is 5.76. The van der Waals surface area contributed by atoms with E-state index >= 15 is 0 Å². The molecule has 118 valence electrons. The van der Waals surface area contributed by atoms with Gasteiger partial charge in [-0.3, -0.25) is 4.79 Å². The van der Waals surface area contributed by atoms with Crippen LogP contribution in [0, 0.1) is 0 Å². The van der Waals surface area contributed by atoms with Gasteiger partial charge in [0, 0.05) is 19.1 Å². The van der Waals surface area contributed by atoms with Gasteiger partial charge in [-0.1, -0.05) is 32.4 Å². The van der Waals surface area contributed by atoms with Crippen LogP contribution in [0.3, 0.4) is 0 Å². The molecule has 0 saturated heterocycles. The summed E-state index contributed by atoms with van der Waals surface area (Å²) in [6.07, 6.45) is 3.07. The smallest absolute Gasteiger partial charge is 0.260 e. The zero-order valence-electron chi connectivity index (χ0n) is 13.5. The Labute approximate surface area is 128 Å². The second-order valence-corrected chi connectivity index (χ2v) is 5.33. The van der Waals surface area contributed by atoms with Crippen LogP contribution in [0.1, 0.15) is 45.6 Å². The molecule has 0 heterocycles. The summed E-state index contributed by atoms with van der Waals surface area (Å²) in [7, 11) is 0. The summed E-state index contributed by atoms with van der Waals surface area (Å²) in [5, 5.41) is 0. The molecular formula is C17H28N2O2. The molecule has 2 N–H and O–H groups in total. The van der Waals surface area contributed by atoms with Crippen LogP contribution in [-0.2, 0) is 11.3 Å². The van der Waals surface area contributed by atoms with Gasteiger partial charge < -0.3 is 15.4 Å². The van der Waals surface area contributed by atoms with Gasteiger partial charge in [0.15, 0.2) is 6.61 Å². The Morgan fingerprint density at radius 3 is 2.48 bits per heavy atom. The predicted molar refractivity (Wildman–Crippen MR) is 86.2 cm³/mol. The fourth-order valence-electron chi connectivity index (χ4n) is 2.09. The zero-order valence-corrected chi connectivity index (χ0v) is 13.5. The van der Waals surface area contributed by atoms with E-state index in [-0.39, 0.29) is 18.6 Å². The summed E-state index contributed by atoms with van der Waals surface area (Å²) in [6, 6.07) is 7.81. The number of carbonyl (C=O) groups is 1. The minimum Gasteiger partial charge on any atom is -0.484 e. The number of benzene rings is 1. The minimum absolute atomic E-state index is 0.0562. The van der Waals surface area contributed by atoms with Crippen LogP contribution in [0.25, 0.3) is 0 Å². The van der Waals surface area contributed by atoms with Crippen LogP contribution >= 0.6 is 0 Å². The van der Waals surface area contributed by atoms with E-state index in [4.69, 9.17) is 10.5 Å². The molecule has 0 bridgehead atoms. The number of hydrogen-bond acceptors (Lipinski definition) is 3. The number of rotatable bonds is 9. The first-order valence-electron chi connectivity index (χ1n) is 7.83. The van der Waals surface area contributed by atoms with Crippen LogP contribution in [0.4, 0.5) is 0 Å². The first-order chi connectivity index (χ1) is 10.1. The number of amides is 1. The van der Waals surface area contributed by atoms with E-state index < -0.39 is 0 Å². The van der Waals surface area contributed by atoms with E-state index in [1.54, 1.807) is 0 Å². The van der Waals surface area contributed by atoms with E-state index in [0.29, 0.717) is 12.3 Å². The van der Waals surface area contributed by atoms with E-state index in [1.165, 1.54) is 0 Å². The standard InChI is InChI=1S/C17H28N2O2/c1-4-6-11-19(14(3)5-2)17(20)13-21-16-9-7-15(12-18)8-10-16/h7-10,14H,4-6,11-13,18H2,1-3H3. The fraction of sp³-hybridized carbons (Fsp3) is 0.588. The van der Waals surface area contributed by atoms with Crippen LogP contribution < -0.4 is 10.5 Å². The van der Waals surface area contributed by atoms with Gasteiger partial charge in [-0.25, -0.2) is 0 Å². The molecule has 0 aromatic heterocycles. The first-order valence-corrected chi connectivity index (χ1v) is 7.83. The number of carbonyl (C=O) groups excluding carboxylic acids is 1. The van der Waals surface area contributed by atoms with E-state index in [9.17, 15) is 4.79 Å². The highest BCUT2D eigenvalue weighted by Gasteiger charge is 2.18. The molecule has 0 spiro atoms. The lowest BCUT2D eigenvalue weighted by Gasteiger charge is -2.28. The zero-order chi connectivity index (χ0) is 15.7. The molecule has 0 saturated carbocycles. The van der Waals surface area contributed by atoms with Gasteiger partial charge in [0.2, 0.25) is 0 Å². The fourth-order valence-corrected chi connectivity index (χ4v) is 2.09. The highest BCUT2D eigenvalue weighted by Crippen LogP contribution is 2.13. The third-order valence-corrected chi connectivity index (χ3v) is 3.72. The molecule has 0 aliphatic heterocycles. The Bertz CT molecular complexity index is 417. The van der Waals surface area contributed by atoms with Crippen molar-refractivity contribution in [1.29, 1.82) is 0 Å². The van der Waals surface area contributed by atoms with Gasteiger partial charge in [0.25, 0.3) is 5.91 Å². The van der Waals surface area contributed by atoms with Crippen molar-refractivity contribution in [2.75, 3.05) is 13.2 Å². The van der Waals surface area contributed by atoms with Crippen LogP contribution in [-0.4, -0.2) is 30.0 Å². The Morgan fingerprint density at radius 2 is 1.95 bits per heavy atom. The average molecular weight is 292 g/mol. The summed E-state index contributed by atoms with van der Waals surface area (Å²) in [5.74, 6) is 0.765. The molecule has 21 heavy (non-hydrogen) atoms. The SMILES string of the molecule is CCCCN(C(=O)COc1ccc(CN)cc1)C(C)CC. The largest absolute Gasteiger partial charge is 0.484 e. The predicted octanol–water partition coefficient (Wildman–Crippen LogP) is 2.95. The molecule has 0 fully saturated rings. The van der Waals surface area contributed by atoms with Crippen LogP contribution in [0.5, 0.6) is 5.75 Å². The van der Waals surface area contributed by atoms with E-state index in [2.05, 4.69) is 20.8 Å².